The van der Waals surface area contributed by atoms with Crippen molar-refractivity contribution in [3.63, 3.8) is 0 Å². The number of nitrogens with two attached hydrogens (primary N) is 1. The number of amides is 1. The second-order valence-electron chi connectivity index (χ2n) is 8.72. The second kappa shape index (κ2) is 16.8. The molecule has 0 aromatic heterocycles. The number of alkyl halides is 6. The van der Waals surface area contributed by atoms with Gasteiger partial charge in [0.05, 0.1) is 6.54 Å². The van der Waals surface area contributed by atoms with Gasteiger partial charge in [-0.3, -0.25) is 15.1 Å². The largest absolute Gasteiger partial charge is 0.492 e. The molecule has 0 unspecified atom stereocenters. The number of piperidine rings is 1. The van der Waals surface area contributed by atoms with Crippen LogP contribution in [0.5, 0.6) is 5.75 Å². The highest BCUT2D eigenvalue weighted by molar-refractivity contribution is 5.95. The summed E-state index contributed by atoms with van der Waals surface area (Å²) in [4.78, 5) is 32.6. The van der Waals surface area contributed by atoms with Crippen LogP contribution in [0.3, 0.4) is 0 Å². The Morgan fingerprint density at radius 3 is 1.93 bits per heavy atom. The average molecular weight is 609 g/mol. The molecule has 0 bridgehead atoms. The maximum atomic E-state index is 12.4. The number of amidine groups is 1. The number of nitrogens with one attached hydrogen (secondary N) is 2. The van der Waals surface area contributed by atoms with Gasteiger partial charge in [0.15, 0.2) is 0 Å². The van der Waals surface area contributed by atoms with Gasteiger partial charge in [-0.15, -0.1) is 0 Å². The lowest BCUT2D eigenvalue weighted by Crippen LogP contribution is -2.41. The highest BCUT2D eigenvalue weighted by atomic mass is 19.4. The highest BCUT2D eigenvalue weighted by Gasteiger charge is 2.38. The molecule has 1 saturated heterocycles. The van der Waals surface area contributed by atoms with Crippen molar-refractivity contribution in [2.24, 2.45) is 11.7 Å². The number of ether oxygens (including phenoxy) is 1. The van der Waals surface area contributed by atoms with Crippen LogP contribution in [0.2, 0.25) is 0 Å². The molecular formula is C26H30F6N4O6. The number of carbonyl (C=O) groups is 3. The summed E-state index contributed by atoms with van der Waals surface area (Å²) in [6.07, 6.45) is -8.39. The van der Waals surface area contributed by atoms with Crippen molar-refractivity contribution in [1.82, 2.24) is 10.2 Å². The van der Waals surface area contributed by atoms with Gasteiger partial charge in [0.1, 0.15) is 18.2 Å². The van der Waals surface area contributed by atoms with Crippen LogP contribution in [-0.2, 0) is 20.9 Å². The molecule has 1 aliphatic rings. The molecule has 0 spiro atoms. The van der Waals surface area contributed by atoms with Gasteiger partial charge in [-0.2, -0.15) is 26.3 Å². The van der Waals surface area contributed by atoms with Crippen LogP contribution in [0.25, 0.3) is 0 Å². The molecule has 6 N–H and O–H groups in total. The van der Waals surface area contributed by atoms with E-state index in [0.29, 0.717) is 24.5 Å². The summed E-state index contributed by atoms with van der Waals surface area (Å²) in [6.45, 7) is 3.69. The summed E-state index contributed by atoms with van der Waals surface area (Å²) in [7, 11) is 0. The Morgan fingerprint density at radius 1 is 0.929 bits per heavy atom. The maximum absolute atomic E-state index is 12.4. The van der Waals surface area contributed by atoms with Crippen LogP contribution >= 0.6 is 0 Å². The smallest absolute Gasteiger partial charge is 0.490 e. The van der Waals surface area contributed by atoms with Crippen LogP contribution in [0.1, 0.15) is 24.0 Å². The summed E-state index contributed by atoms with van der Waals surface area (Å²) >= 11 is 0. The zero-order valence-corrected chi connectivity index (χ0v) is 22.0. The summed E-state index contributed by atoms with van der Waals surface area (Å²) in [6, 6.07) is 17.6. The third kappa shape index (κ3) is 14.3. The van der Waals surface area contributed by atoms with Gasteiger partial charge in [0, 0.05) is 18.0 Å². The molecule has 1 fully saturated rings. The minimum atomic E-state index is -5.08. The van der Waals surface area contributed by atoms with Crippen LogP contribution in [0.4, 0.5) is 26.3 Å². The minimum absolute atomic E-state index is 0.0114. The summed E-state index contributed by atoms with van der Waals surface area (Å²) in [5, 5.41) is 24.7. The lowest BCUT2D eigenvalue weighted by Gasteiger charge is -2.31. The van der Waals surface area contributed by atoms with E-state index in [1.807, 2.05) is 12.1 Å². The van der Waals surface area contributed by atoms with E-state index in [0.717, 1.165) is 32.5 Å². The van der Waals surface area contributed by atoms with Crippen molar-refractivity contribution in [3.8, 4) is 5.75 Å². The first-order chi connectivity index (χ1) is 19.5. The molecule has 0 aliphatic carbocycles. The van der Waals surface area contributed by atoms with Gasteiger partial charge in [-0.05, 0) is 43.6 Å². The predicted molar refractivity (Wildman–Crippen MR) is 138 cm³/mol. The quantitative estimate of drug-likeness (QED) is 0.131. The number of likely N-dealkylation sites (tertiary alicyclic amines) is 1. The van der Waals surface area contributed by atoms with Gasteiger partial charge >= 0.3 is 24.3 Å². The number of benzene rings is 2. The third-order valence-corrected chi connectivity index (χ3v) is 5.51. The molecule has 1 aliphatic heterocycles. The van der Waals surface area contributed by atoms with Crippen molar-refractivity contribution in [2.75, 3.05) is 26.2 Å². The zero-order valence-electron chi connectivity index (χ0n) is 22.0. The Hall–Kier alpha value is -4.34. The van der Waals surface area contributed by atoms with Crippen LogP contribution < -0.4 is 15.8 Å². The Kier molecular flexibility index (Phi) is 14.3. The van der Waals surface area contributed by atoms with Gasteiger partial charge in [-0.25, -0.2) is 9.59 Å². The van der Waals surface area contributed by atoms with Crippen LogP contribution in [-0.4, -0.2) is 77.4 Å². The van der Waals surface area contributed by atoms with Crippen molar-refractivity contribution >= 4 is 23.7 Å². The number of carboxylic acids is 2. The maximum Gasteiger partial charge on any atom is 0.490 e. The van der Waals surface area contributed by atoms with Crippen LogP contribution in [0, 0.1) is 11.3 Å². The van der Waals surface area contributed by atoms with Gasteiger partial charge in [0.25, 0.3) is 0 Å². The standard InChI is InChI=1S/C22H28N4O2.2C2HF3O2/c23-21(24)19-7-4-8-20(15-19)28-14-11-25-22(27)18-9-12-26(13-10-18)16-17-5-2-1-3-6-17;2*3-2(4,5)1(6)7/h1-8,15,18H,9-14,16H2,(H3,23,24)(H,25,27);2*(H,6,7). The van der Waals surface area contributed by atoms with Crippen LogP contribution in [0.15, 0.2) is 54.6 Å². The average Bonchev–Trinajstić information content (AvgIpc) is 2.92. The monoisotopic (exact) mass is 608 g/mol. The summed E-state index contributed by atoms with van der Waals surface area (Å²) < 4.78 is 69.1. The summed E-state index contributed by atoms with van der Waals surface area (Å²) in [5.74, 6) is -4.66. The number of halogens is 6. The van der Waals surface area contributed by atoms with E-state index in [1.54, 1.807) is 18.2 Å². The van der Waals surface area contributed by atoms with E-state index in [2.05, 4.69) is 34.5 Å². The fraction of sp³-hybridized carbons (Fsp3) is 0.385. The molecule has 0 atom stereocenters. The highest BCUT2D eigenvalue weighted by Crippen LogP contribution is 2.19. The molecule has 1 heterocycles. The third-order valence-electron chi connectivity index (χ3n) is 5.51. The lowest BCUT2D eigenvalue weighted by molar-refractivity contribution is -0.193. The lowest BCUT2D eigenvalue weighted by atomic mass is 9.95. The number of carbonyl (C=O) groups excluding carboxylic acids is 1. The topological polar surface area (TPSA) is 166 Å². The van der Waals surface area contributed by atoms with E-state index in [-0.39, 0.29) is 17.7 Å². The molecule has 2 aromatic carbocycles. The van der Waals surface area contributed by atoms with E-state index >= 15 is 0 Å². The van der Waals surface area contributed by atoms with Gasteiger partial charge < -0.3 is 26.0 Å². The molecule has 0 radical (unpaired) electrons. The van der Waals surface area contributed by atoms with Crippen molar-refractivity contribution in [2.45, 2.75) is 31.7 Å². The Labute approximate surface area is 236 Å². The number of hydrogen-bond acceptors (Lipinski definition) is 6. The molecule has 3 rings (SSSR count). The van der Waals surface area contributed by atoms with Crippen molar-refractivity contribution < 1.29 is 55.7 Å². The SMILES string of the molecule is N=C(N)c1cccc(OCCNC(=O)C2CCN(Cc3ccccc3)CC2)c1.O=C(O)C(F)(F)F.O=C(O)C(F)(F)F. The Morgan fingerprint density at radius 2 is 1.45 bits per heavy atom. The Bertz CT molecular complexity index is 1150. The fourth-order valence-corrected chi connectivity index (χ4v) is 3.44. The molecule has 10 nitrogen and oxygen atoms in total. The molecule has 232 valence electrons. The molecule has 42 heavy (non-hydrogen) atoms. The fourth-order valence-electron chi connectivity index (χ4n) is 3.44. The minimum Gasteiger partial charge on any atom is -0.492 e. The molecule has 0 saturated carbocycles. The van der Waals surface area contributed by atoms with E-state index < -0.39 is 24.3 Å². The predicted octanol–water partition coefficient (Wildman–Crippen LogP) is 3.64. The van der Waals surface area contributed by atoms with Crippen molar-refractivity contribution in [1.29, 1.82) is 5.41 Å². The van der Waals surface area contributed by atoms with Gasteiger partial charge in [0.2, 0.25) is 5.91 Å². The zero-order chi connectivity index (χ0) is 31.9. The van der Waals surface area contributed by atoms with E-state index in [1.165, 1.54) is 5.56 Å². The number of aliphatic carboxylic acids is 2. The summed E-state index contributed by atoms with van der Waals surface area (Å²) in [5.41, 5.74) is 7.42. The molecule has 2 aromatic rings. The molecule has 16 heteroatoms. The van der Waals surface area contributed by atoms with Crippen molar-refractivity contribution in [3.05, 3.63) is 65.7 Å². The van der Waals surface area contributed by atoms with E-state index in [4.69, 9.17) is 35.7 Å². The number of carboxylic acid groups (broad SMARTS) is 2. The molecular weight excluding hydrogens is 578 g/mol. The van der Waals surface area contributed by atoms with E-state index in [9.17, 15) is 31.1 Å². The number of nitrogen functional groups attached to an aromatic ring is 1. The number of rotatable bonds is 8. The number of hydrogen-bond donors (Lipinski definition) is 5. The molecule has 1 amide bonds. The first-order valence-corrected chi connectivity index (χ1v) is 12.2. The van der Waals surface area contributed by atoms with Gasteiger partial charge in [-0.1, -0.05) is 42.5 Å². The second-order valence-corrected chi connectivity index (χ2v) is 8.72. The first kappa shape index (κ1) is 35.7. The number of nitrogens with zero attached hydrogens (tertiary/aromatic N) is 1. The normalized spacial score (nSPS) is 13.9. The Balaban J connectivity index is 0.000000522. The first-order valence-electron chi connectivity index (χ1n) is 12.2.